The Hall–Kier alpha value is -0.120. The van der Waals surface area contributed by atoms with Gasteiger partial charge in [-0.05, 0) is 44.6 Å². The zero-order chi connectivity index (χ0) is 11.7. The molecule has 0 unspecified atom stereocenters. The predicted octanol–water partition coefficient (Wildman–Crippen LogP) is 2.40. The molecular formula is C14H25NO2. The lowest BCUT2D eigenvalue weighted by Gasteiger charge is -2.44. The summed E-state index contributed by atoms with van der Waals surface area (Å²) in [4.78, 5) is 2.64. The van der Waals surface area contributed by atoms with Crippen molar-refractivity contribution in [1.82, 2.24) is 4.90 Å². The second-order valence-corrected chi connectivity index (χ2v) is 6.10. The van der Waals surface area contributed by atoms with Crippen LogP contribution in [0.2, 0.25) is 0 Å². The second-order valence-electron chi connectivity index (χ2n) is 6.10. The number of nitrogens with zero attached hydrogens (tertiary/aromatic N) is 1. The lowest BCUT2D eigenvalue weighted by molar-refractivity contribution is -0.195. The average molecular weight is 239 g/mol. The Balaban J connectivity index is 1.60. The molecule has 3 heteroatoms. The van der Waals surface area contributed by atoms with Crippen LogP contribution in [0, 0.1) is 5.92 Å². The number of hydrogen-bond acceptors (Lipinski definition) is 3. The Morgan fingerprint density at radius 2 is 1.76 bits per heavy atom. The first-order valence-electron chi connectivity index (χ1n) is 7.29. The van der Waals surface area contributed by atoms with Crippen LogP contribution < -0.4 is 0 Å². The van der Waals surface area contributed by atoms with Gasteiger partial charge in [0.2, 0.25) is 0 Å². The summed E-state index contributed by atoms with van der Waals surface area (Å²) in [6, 6.07) is 0.788. The number of ether oxygens (including phenoxy) is 2. The summed E-state index contributed by atoms with van der Waals surface area (Å²) in [5, 5.41) is 0. The monoisotopic (exact) mass is 239 g/mol. The predicted molar refractivity (Wildman–Crippen MR) is 66.9 cm³/mol. The fourth-order valence-corrected chi connectivity index (χ4v) is 3.67. The maximum absolute atomic E-state index is 5.86. The number of likely N-dealkylation sites (tertiary alicyclic amines) is 1. The highest BCUT2D eigenvalue weighted by molar-refractivity contribution is 4.88. The first-order chi connectivity index (χ1) is 8.27. The molecule has 17 heavy (non-hydrogen) atoms. The van der Waals surface area contributed by atoms with Crippen LogP contribution in [0.25, 0.3) is 0 Å². The van der Waals surface area contributed by atoms with Crippen molar-refractivity contribution < 1.29 is 9.47 Å². The normalized spacial score (nSPS) is 38.6. The maximum Gasteiger partial charge on any atom is 0.181 e. The minimum atomic E-state index is -0.235. The summed E-state index contributed by atoms with van der Waals surface area (Å²) in [5.41, 5.74) is 0. The highest BCUT2D eigenvalue weighted by atomic mass is 16.7. The van der Waals surface area contributed by atoms with Crippen molar-refractivity contribution in [3.8, 4) is 0 Å². The van der Waals surface area contributed by atoms with E-state index in [0.717, 1.165) is 38.1 Å². The Kier molecular flexibility index (Phi) is 3.42. The molecule has 0 N–H and O–H groups in total. The lowest BCUT2D eigenvalue weighted by Crippen LogP contribution is -2.53. The maximum atomic E-state index is 5.86. The molecule has 0 atom stereocenters. The molecule has 2 saturated heterocycles. The number of rotatable bonds is 1. The molecule has 2 heterocycles. The summed E-state index contributed by atoms with van der Waals surface area (Å²) >= 11 is 0. The zero-order valence-corrected chi connectivity index (χ0v) is 11.0. The van der Waals surface area contributed by atoms with E-state index in [1.165, 1.54) is 38.6 Å². The van der Waals surface area contributed by atoms with Gasteiger partial charge in [0.15, 0.2) is 5.79 Å². The van der Waals surface area contributed by atoms with Crippen LogP contribution >= 0.6 is 0 Å². The van der Waals surface area contributed by atoms with Crippen LogP contribution in [-0.4, -0.2) is 43.0 Å². The van der Waals surface area contributed by atoms with Crippen molar-refractivity contribution in [3.63, 3.8) is 0 Å². The standard InChI is InChI=1S/C14H25NO2/c1-12-3-5-13(6-4-12)15-8-2-7-14(11-15)16-9-10-17-14/h12-13H,2-11H2,1H3. The van der Waals surface area contributed by atoms with Gasteiger partial charge in [-0.3, -0.25) is 4.90 Å². The van der Waals surface area contributed by atoms with Gasteiger partial charge in [0.25, 0.3) is 0 Å². The highest BCUT2D eigenvalue weighted by Crippen LogP contribution is 2.34. The van der Waals surface area contributed by atoms with Crippen molar-refractivity contribution in [3.05, 3.63) is 0 Å². The van der Waals surface area contributed by atoms with E-state index in [2.05, 4.69) is 11.8 Å². The third-order valence-electron chi connectivity index (χ3n) is 4.76. The molecule has 0 bridgehead atoms. The van der Waals surface area contributed by atoms with Gasteiger partial charge in [0, 0.05) is 12.5 Å². The van der Waals surface area contributed by atoms with E-state index in [1.54, 1.807) is 0 Å². The average Bonchev–Trinajstić information content (AvgIpc) is 2.78. The van der Waals surface area contributed by atoms with Crippen molar-refractivity contribution in [2.75, 3.05) is 26.3 Å². The molecule has 3 fully saturated rings. The van der Waals surface area contributed by atoms with Crippen LogP contribution in [0.15, 0.2) is 0 Å². The first kappa shape index (κ1) is 11.9. The van der Waals surface area contributed by atoms with Crippen molar-refractivity contribution in [2.45, 2.75) is 57.3 Å². The van der Waals surface area contributed by atoms with Crippen LogP contribution in [0.3, 0.4) is 0 Å². The van der Waals surface area contributed by atoms with E-state index < -0.39 is 0 Å². The molecule has 0 aromatic rings. The third kappa shape index (κ3) is 2.51. The van der Waals surface area contributed by atoms with E-state index in [4.69, 9.17) is 9.47 Å². The summed E-state index contributed by atoms with van der Waals surface area (Å²) in [5.74, 6) is 0.699. The molecule has 98 valence electrons. The molecule has 0 aromatic heterocycles. The van der Waals surface area contributed by atoms with Crippen LogP contribution in [-0.2, 0) is 9.47 Å². The molecular weight excluding hydrogens is 214 g/mol. The van der Waals surface area contributed by atoms with Gasteiger partial charge < -0.3 is 9.47 Å². The van der Waals surface area contributed by atoms with E-state index in [9.17, 15) is 0 Å². The third-order valence-corrected chi connectivity index (χ3v) is 4.76. The smallest absolute Gasteiger partial charge is 0.181 e. The minimum Gasteiger partial charge on any atom is -0.346 e. The van der Waals surface area contributed by atoms with Crippen LogP contribution in [0.4, 0.5) is 0 Å². The largest absolute Gasteiger partial charge is 0.346 e. The Morgan fingerprint density at radius 3 is 2.47 bits per heavy atom. The Labute approximate surface area is 104 Å². The fraction of sp³-hybridized carbons (Fsp3) is 1.00. The molecule has 3 aliphatic rings. The van der Waals surface area contributed by atoms with Gasteiger partial charge in [-0.15, -0.1) is 0 Å². The molecule has 0 aromatic carbocycles. The molecule has 2 aliphatic heterocycles. The molecule has 1 spiro atoms. The van der Waals surface area contributed by atoms with Crippen molar-refractivity contribution >= 4 is 0 Å². The Bertz CT molecular complexity index is 255. The summed E-state index contributed by atoms with van der Waals surface area (Å²) in [6.07, 6.45) is 7.86. The Morgan fingerprint density at radius 1 is 1.06 bits per heavy atom. The van der Waals surface area contributed by atoms with Gasteiger partial charge in [-0.25, -0.2) is 0 Å². The first-order valence-corrected chi connectivity index (χ1v) is 7.29. The molecule has 0 amide bonds. The molecule has 3 nitrogen and oxygen atoms in total. The number of piperidine rings is 1. The highest BCUT2D eigenvalue weighted by Gasteiger charge is 2.42. The van der Waals surface area contributed by atoms with Crippen LogP contribution in [0.1, 0.15) is 45.4 Å². The quantitative estimate of drug-likeness (QED) is 0.701. The van der Waals surface area contributed by atoms with Gasteiger partial charge in [-0.2, -0.15) is 0 Å². The van der Waals surface area contributed by atoms with Gasteiger partial charge in [0.05, 0.1) is 19.8 Å². The van der Waals surface area contributed by atoms with E-state index in [-0.39, 0.29) is 5.79 Å². The van der Waals surface area contributed by atoms with Gasteiger partial charge in [-0.1, -0.05) is 6.92 Å². The lowest BCUT2D eigenvalue weighted by atomic mass is 9.85. The SMILES string of the molecule is CC1CCC(N2CCCC3(C2)OCCO3)CC1. The zero-order valence-electron chi connectivity index (χ0n) is 11.0. The summed E-state index contributed by atoms with van der Waals surface area (Å²) in [7, 11) is 0. The summed E-state index contributed by atoms with van der Waals surface area (Å²) in [6.45, 7) is 6.21. The molecule has 1 saturated carbocycles. The van der Waals surface area contributed by atoms with Crippen LogP contribution in [0.5, 0.6) is 0 Å². The topological polar surface area (TPSA) is 21.7 Å². The van der Waals surface area contributed by atoms with E-state index >= 15 is 0 Å². The van der Waals surface area contributed by atoms with Gasteiger partial charge >= 0.3 is 0 Å². The molecule has 1 aliphatic carbocycles. The van der Waals surface area contributed by atoms with E-state index in [0.29, 0.717) is 0 Å². The van der Waals surface area contributed by atoms with Crippen molar-refractivity contribution in [1.29, 1.82) is 0 Å². The van der Waals surface area contributed by atoms with Crippen molar-refractivity contribution in [2.24, 2.45) is 5.92 Å². The molecule has 3 rings (SSSR count). The fourth-order valence-electron chi connectivity index (χ4n) is 3.67. The minimum absolute atomic E-state index is 0.235. The summed E-state index contributed by atoms with van der Waals surface area (Å²) < 4.78 is 11.7. The molecule has 0 radical (unpaired) electrons. The van der Waals surface area contributed by atoms with E-state index in [1.807, 2.05) is 0 Å². The second kappa shape index (κ2) is 4.87. The number of hydrogen-bond donors (Lipinski definition) is 0. The van der Waals surface area contributed by atoms with Gasteiger partial charge in [0.1, 0.15) is 0 Å².